The highest BCUT2D eigenvalue weighted by Crippen LogP contribution is 2.39. The van der Waals surface area contributed by atoms with Crippen LogP contribution in [0, 0.1) is 10.1 Å². The molecular formula is C19H20N2O4. The van der Waals surface area contributed by atoms with Gasteiger partial charge in [-0.25, -0.2) is 0 Å². The summed E-state index contributed by atoms with van der Waals surface area (Å²) in [5.41, 5.74) is 3.15. The third-order valence-electron chi connectivity index (χ3n) is 4.52. The van der Waals surface area contributed by atoms with Crippen LogP contribution in [0.25, 0.3) is 0 Å². The van der Waals surface area contributed by atoms with Crippen LogP contribution in [0.1, 0.15) is 17.9 Å². The number of nitro groups is 1. The maximum atomic E-state index is 10.8. The van der Waals surface area contributed by atoms with Gasteiger partial charge in [0.05, 0.1) is 19.1 Å². The van der Waals surface area contributed by atoms with Crippen molar-refractivity contribution in [3.63, 3.8) is 0 Å². The molecule has 25 heavy (non-hydrogen) atoms. The van der Waals surface area contributed by atoms with Crippen LogP contribution in [-0.4, -0.2) is 25.7 Å². The van der Waals surface area contributed by atoms with E-state index in [1.807, 2.05) is 18.2 Å². The summed E-state index contributed by atoms with van der Waals surface area (Å²) in [6.07, 6.45) is 0.826. The number of methoxy groups -OCH3 is 2. The topological polar surface area (TPSA) is 64.8 Å². The Balaban J connectivity index is 1.81. The zero-order valence-corrected chi connectivity index (χ0v) is 14.3. The lowest BCUT2D eigenvalue weighted by molar-refractivity contribution is -0.384. The quantitative estimate of drug-likeness (QED) is 0.605. The normalized spacial score (nSPS) is 16.8. The van der Waals surface area contributed by atoms with E-state index in [2.05, 4.69) is 11.5 Å². The monoisotopic (exact) mass is 340 g/mol. The van der Waals surface area contributed by atoms with E-state index in [4.69, 9.17) is 9.47 Å². The fraction of sp³-hybridized carbons (Fsp3) is 0.263. The Bertz CT molecular complexity index is 802. The van der Waals surface area contributed by atoms with Crippen molar-refractivity contribution in [1.82, 2.24) is 0 Å². The molecule has 0 aliphatic carbocycles. The van der Waals surface area contributed by atoms with Gasteiger partial charge in [-0.2, -0.15) is 0 Å². The summed E-state index contributed by atoms with van der Waals surface area (Å²) in [4.78, 5) is 12.5. The Kier molecular flexibility index (Phi) is 4.61. The van der Waals surface area contributed by atoms with Gasteiger partial charge in [0, 0.05) is 36.0 Å². The number of hydrogen-bond acceptors (Lipinski definition) is 5. The molecule has 0 aromatic heterocycles. The molecule has 0 N–H and O–H groups in total. The van der Waals surface area contributed by atoms with Gasteiger partial charge in [-0.1, -0.05) is 12.6 Å². The number of non-ortho nitro benzene ring substituents is 1. The van der Waals surface area contributed by atoms with Crippen molar-refractivity contribution < 1.29 is 14.4 Å². The number of nitrogens with zero attached hydrogens (tertiary/aromatic N) is 2. The highest BCUT2D eigenvalue weighted by molar-refractivity contribution is 5.57. The summed E-state index contributed by atoms with van der Waals surface area (Å²) in [6.45, 7) is 4.93. The Morgan fingerprint density at radius 1 is 1.12 bits per heavy atom. The van der Waals surface area contributed by atoms with Crippen LogP contribution in [0.4, 0.5) is 11.4 Å². The first kappa shape index (κ1) is 16.8. The molecule has 0 bridgehead atoms. The molecule has 1 fully saturated rings. The van der Waals surface area contributed by atoms with Crippen LogP contribution in [0.15, 0.2) is 54.7 Å². The van der Waals surface area contributed by atoms with E-state index >= 15 is 0 Å². The summed E-state index contributed by atoms with van der Waals surface area (Å²) in [5, 5.41) is 10.8. The maximum Gasteiger partial charge on any atom is 0.269 e. The van der Waals surface area contributed by atoms with Crippen molar-refractivity contribution in [1.29, 1.82) is 0 Å². The molecule has 1 saturated heterocycles. The molecule has 0 amide bonds. The lowest BCUT2D eigenvalue weighted by Crippen LogP contribution is -2.17. The van der Waals surface area contributed by atoms with Crippen LogP contribution < -0.4 is 14.4 Å². The zero-order valence-electron chi connectivity index (χ0n) is 14.3. The van der Waals surface area contributed by atoms with Gasteiger partial charge >= 0.3 is 0 Å². The van der Waals surface area contributed by atoms with Crippen LogP contribution in [0.5, 0.6) is 11.5 Å². The first-order valence-electron chi connectivity index (χ1n) is 7.95. The first-order chi connectivity index (χ1) is 12.0. The molecule has 6 heteroatoms. The average Bonchev–Trinajstić information content (AvgIpc) is 3.02. The van der Waals surface area contributed by atoms with E-state index in [0.29, 0.717) is 11.5 Å². The van der Waals surface area contributed by atoms with Crippen molar-refractivity contribution in [3.05, 3.63) is 70.4 Å². The van der Waals surface area contributed by atoms with E-state index in [1.54, 1.807) is 26.4 Å². The van der Waals surface area contributed by atoms with Gasteiger partial charge in [0.25, 0.3) is 5.69 Å². The molecule has 1 aliphatic rings. The third kappa shape index (κ3) is 3.28. The van der Waals surface area contributed by atoms with Crippen molar-refractivity contribution in [2.45, 2.75) is 12.3 Å². The number of rotatable bonds is 5. The summed E-state index contributed by atoms with van der Waals surface area (Å²) < 4.78 is 10.7. The second-order valence-corrected chi connectivity index (χ2v) is 5.97. The lowest BCUT2D eigenvalue weighted by Gasteiger charge is -2.20. The molecule has 3 rings (SSSR count). The van der Waals surface area contributed by atoms with E-state index in [9.17, 15) is 10.1 Å². The van der Waals surface area contributed by atoms with Crippen LogP contribution in [0.3, 0.4) is 0 Å². The standard InChI is InChI=1S/C19H20N2O4/c1-13-10-15(14-4-9-18(24-2)19(11-14)25-3)12-20(13)16-5-7-17(8-6-16)21(22)23/h4-9,11,15H,1,10,12H2,2-3H3/t15-/m0/s1. The number of hydrogen-bond donors (Lipinski definition) is 0. The fourth-order valence-corrected chi connectivity index (χ4v) is 3.18. The summed E-state index contributed by atoms with van der Waals surface area (Å²) in [6, 6.07) is 12.5. The van der Waals surface area contributed by atoms with Crippen molar-refractivity contribution in [2.75, 3.05) is 25.7 Å². The summed E-state index contributed by atoms with van der Waals surface area (Å²) in [7, 11) is 3.24. The summed E-state index contributed by atoms with van der Waals surface area (Å²) >= 11 is 0. The maximum absolute atomic E-state index is 10.8. The van der Waals surface area contributed by atoms with Gasteiger partial charge < -0.3 is 14.4 Å². The molecule has 0 unspecified atom stereocenters. The second kappa shape index (κ2) is 6.84. The van der Waals surface area contributed by atoms with E-state index in [0.717, 1.165) is 29.9 Å². The molecule has 2 aromatic rings. The van der Waals surface area contributed by atoms with Crippen LogP contribution in [-0.2, 0) is 0 Å². The largest absolute Gasteiger partial charge is 0.493 e. The minimum Gasteiger partial charge on any atom is -0.493 e. The smallest absolute Gasteiger partial charge is 0.269 e. The van der Waals surface area contributed by atoms with E-state index in [1.165, 1.54) is 12.1 Å². The Morgan fingerprint density at radius 2 is 1.80 bits per heavy atom. The molecule has 130 valence electrons. The molecular weight excluding hydrogens is 320 g/mol. The molecule has 1 atom stereocenters. The Labute approximate surface area is 146 Å². The van der Waals surface area contributed by atoms with Gasteiger partial charge in [0.15, 0.2) is 11.5 Å². The molecule has 0 saturated carbocycles. The SMILES string of the molecule is C=C1C[C@H](c2ccc(OC)c(OC)c2)CN1c1ccc([N+](=O)[O-])cc1. The number of nitro benzene ring substituents is 1. The van der Waals surface area contributed by atoms with Crippen molar-refractivity contribution in [2.24, 2.45) is 0 Å². The molecule has 1 heterocycles. The lowest BCUT2D eigenvalue weighted by atomic mass is 9.97. The predicted octanol–water partition coefficient (Wildman–Crippen LogP) is 4.12. The minimum atomic E-state index is -0.394. The van der Waals surface area contributed by atoms with Gasteiger partial charge in [-0.15, -0.1) is 0 Å². The van der Waals surface area contributed by atoms with Crippen molar-refractivity contribution in [3.8, 4) is 11.5 Å². The molecule has 1 aliphatic heterocycles. The molecule has 0 radical (unpaired) electrons. The number of ether oxygens (including phenoxy) is 2. The molecule has 0 spiro atoms. The highest BCUT2D eigenvalue weighted by atomic mass is 16.6. The van der Waals surface area contributed by atoms with Gasteiger partial charge in [-0.3, -0.25) is 10.1 Å². The second-order valence-electron chi connectivity index (χ2n) is 5.97. The van der Waals surface area contributed by atoms with Gasteiger partial charge in [0.2, 0.25) is 0 Å². The number of allylic oxidation sites excluding steroid dienone is 1. The fourth-order valence-electron chi connectivity index (χ4n) is 3.18. The molecule has 2 aromatic carbocycles. The summed E-state index contributed by atoms with van der Waals surface area (Å²) in [5.74, 6) is 1.69. The van der Waals surface area contributed by atoms with Crippen LogP contribution in [0.2, 0.25) is 0 Å². The number of anilines is 1. The highest BCUT2D eigenvalue weighted by Gasteiger charge is 2.28. The number of benzene rings is 2. The third-order valence-corrected chi connectivity index (χ3v) is 4.52. The zero-order chi connectivity index (χ0) is 18.0. The van der Waals surface area contributed by atoms with Crippen LogP contribution >= 0.6 is 0 Å². The average molecular weight is 340 g/mol. The van der Waals surface area contributed by atoms with Crippen molar-refractivity contribution >= 4 is 11.4 Å². The first-order valence-corrected chi connectivity index (χ1v) is 7.95. The minimum absolute atomic E-state index is 0.0880. The predicted molar refractivity (Wildman–Crippen MR) is 96.5 cm³/mol. The Hall–Kier alpha value is -3.02. The van der Waals surface area contributed by atoms with Gasteiger partial charge in [-0.05, 0) is 36.2 Å². The van der Waals surface area contributed by atoms with Gasteiger partial charge in [0.1, 0.15) is 0 Å². The molecule has 6 nitrogen and oxygen atoms in total. The van der Waals surface area contributed by atoms with E-state index in [-0.39, 0.29) is 11.6 Å². The Morgan fingerprint density at radius 3 is 2.40 bits per heavy atom. The van der Waals surface area contributed by atoms with E-state index < -0.39 is 4.92 Å².